The molecule has 216 valence electrons. The summed E-state index contributed by atoms with van der Waals surface area (Å²) >= 11 is 6.54. The summed E-state index contributed by atoms with van der Waals surface area (Å²) in [4.78, 5) is 35.6. The predicted octanol–water partition coefficient (Wildman–Crippen LogP) is 5.30. The van der Waals surface area contributed by atoms with Gasteiger partial charge in [-0.25, -0.2) is 22.9 Å². The van der Waals surface area contributed by atoms with E-state index < -0.39 is 23.0 Å². The second-order valence-electron chi connectivity index (χ2n) is 10.2. The molecule has 3 aromatic heterocycles. The lowest BCUT2D eigenvalue weighted by molar-refractivity contribution is 0.504. The molecule has 0 spiro atoms. The number of rotatable bonds is 7. The maximum absolute atomic E-state index is 14.6. The van der Waals surface area contributed by atoms with Gasteiger partial charge in [0.15, 0.2) is 11.6 Å². The van der Waals surface area contributed by atoms with Gasteiger partial charge in [0.05, 0.1) is 34.7 Å². The Morgan fingerprint density at radius 3 is 2.44 bits per heavy atom. The molecule has 0 atom stereocenters. The third kappa shape index (κ3) is 5.67. The van der Waals surface area contributed by atoms with Gasteiger partial charge in [0, 0.05) is 24.8 Å². The number of anilines is 2. The van der Waals surface area contributed by atoms with Crippen LogP contribution in [0.4, 0.5) is 20.4 Å². The molecule has 9 nitrogen and oxygen atoms in total. The minimum absolute atomic E-state index is 0.132. The Morgan fingerprint density at radius 1 is 0.953 bits per heavy atom. The average Bonchev–Trinajstić information content (AvgIpc) is 3.32. The van der Waals surface area contributed by atoms with E-state index >= 15 is 0 Å². The largest absolute Gasteiger partial charge is 0.359 e. The van der Waals surface area contributed by atoms with Crippen molar-refractivity contribution in [3.8, 4) is 5.69 Å². The van der Waals surface area contributed by atoms with Crippen molar-refractivity contribution in [2.45, 2.75) is 19.9 Å². The molecular formula is C31H24ClF2N7O2. The van der Waals surface area contributed by atoms with Gasteiger partial charge in [-0.2, -0.15) is 10.1 Å². The van der Waals surface area contributed by atoms with Crippen LogP contribution in [0.3, 0.4) is 0 Å². The smallest absolute Gasteiger partial charge is 0.324 e. The van der Waals surface area contributed by atoms with Gasteiger partial charge in [-0.05, 0) is 65.9 Å². The van der Waals surface area contributed by atoms with Gasteiger partial charge in [-0.15, -0.1) is 0 Å². The zero-order chi connectivity index (χ0) is 30.2. The molecule has 0 fully saturated rings. The molecule has 3 aromatic carbocycles. The van der Waals surface area contributed by atoms with E-state index in [1.54, 1.807) is 49.2 Å². The number of halogens is 3. The molecule has 0 amide bonds. The highest BCUT2D eigenvalue weighted by molar-refractivity contribution is 6.34. The normalized spacial score (nSPS) is 11.3. The third-order valence-corrected chi connectivity index (χ3v) is 7.26. The molecule has 12 heteroatoms. The maximum Gasteiger partial charge on any atom is 0.359 e. The van der Waals surface area contributed by atoms with Crippen LogP contribution in [0.25, 0.3) is 16.6 Å². The van der Waals surface area contributed by atoms with Crippen molar-refractivity contribution in [1.82, 2.24) is 28.9 Å². The summed E-state index contributed by atoms with van der Waals surface area (Å²) in [5.41, 5.74) is 2.00. The van der Waals surface area contributed by atoms with Crippen LogP contribution >= 0.6 is 11.6 Å². The van der Waals surface area contributed by atoms with Crippen molar-refractivity contribution in [1.29, 1.82) is 0 Å². The number of nitrogens with one attached hydrogen (secondary N) is 1. The van der Waals surface area contributed by atoms with Gasteiger partial charge in [0.25, 0.3) is 0 Å². The molecule has 0 bridgehead atoms. The van der Waals surface area contributed by atoms with Crippen molar-refractivity contribution in [2.75, 3.05) is 5.32 Å². The molecule has 0 aliphatic heterocycles. The summed E-state index contributed by atoms with van der Waals surface area (Å²) in [6.45, 7) is 1.54. The van der Waals surface area contributed by atoms with Crippen LogP contribution in [0.2, 0.25) is 5.02 Å². The molecule has 0 saturated heterocycles. The Bertz CT molecular complexity index is 2120. The number of fused-ring (bicyclic) bond motifs is 1. The number of pyridine rings is 1. The first-order valence-corrected chi connectivity index (χ1v) is 13.6. The molecule has 0 radical (unpaired) electrons. The fourth-order valence-electron chi connectivity index (χ4n) is 4.93. The summed E-state index contributed by atoms with van der Waals surface area (Å²) in [6, 6.07) is 16.5. The number of hydrogen-bond acceptors (Lipinski definition) is 6. The molecule has 0 unspecified atom stereocenters. The van der Waals surface area contributed by atoms with Crippen LogP contribution in [-0.4, -0.2) is 28.9 Å². The van der Waals surface area contributed by atoms with E-state index in [4.69, 9.17) is 11.6 Å². The number of benzene rings is 3. The first-order valence-electron chi connectivity index (χ1n) is 13.2. The molecule has 1 N–H and O–H groups in total. The Labute approximate surface area is 248 Å². The molecule has 0 aliphatic carbocycles. The highest BCUT2D eigenvalue weighted by Gasteiger charge is 2.20. The van der Waals surface area contributed by atoms with Crippen molar-refractivity contribution < 1.29 is 8.78 Å². The average molecular weight is 600 g/mol. The number of aryl methyl sites for hydroxylation is 2. The first-order chi connectivity index (χ1) is 20.7. The van der Waals surface area contributed by atoms with Gasteiger partial charge >= 0.3 is 11.4 Å². The Hall–Kier alpha value is -5.16. The van der Waals surface area contributed by atoms with E-state index in [1.165, 1.54) is 10.8 Å². The lowest BCUT2D eigenvalue weighted by Crippen LogP contribution is -2.42. The molecule has 3 heterocycles. The predicted molar refractivity (Wildman–Crippen MR) is 160 cm³/mol. The van der Waals surface area contributed by atoms with E-state index in [0.717, 1.165) is 33.2 Å². The summed E-state index contributed by atoms with van der Waals surface area (Å²) in [6.07, 6.45) is 5.03. The highest BCUT2D eigenvalue weighted by Crippen LogP contribution is 2.30. The third-order valence-electron chi connectivity index (χ3n) is 6.95. The lowest BCUT2D eigenvalue weighted by Gasteiger charge is -2.18. The van der Waals surface area contributed by atoms with Gasteiger partial charge in [0.2, 0.25) is 5.95 Å². The summed E-state index contributed by atoms with van der Waals surface area (Å²) in [5.74, 6) is -2.21. The van der Waals surface area contributed by atoms with Crippen molar-refractivity contribution in [2.24, 2.45) is 7.05 Å². The van der Waals surface area contributed by atoms with Crippen LogP contribution in [0.1, 0.15) is 22.3 Å². The van der Waals surface area contributed by atoms with E-state index in [1.807, 2.05) is 30.3 Å². The topological polar surface area (TPSA) is 99.6 Å². The Kier molecular flexibility index (Phi) is 7.32. The van der Waals surface area contributed by atoms with Crippen molar-refractivity contribution in [3.05, 3.63) is 139 Å². The minimum Gasteiger partial charge on any atom is -0.324 e. The van der Waals surface area contributed by atoms with Gasteiger partial charge in [-0.3, -0.25) is 14.2 Å². The monoisotopic (exact) mass is 599 g/mol. The van der Waals surface area contributed by atoms with Gasteiger partial charge < -0.3 is 5.32 Å². The molecule has 6 rings (SSSR count). The zero-order valence-electron chi connectivity index (χ0n) is 23.1. The van der Waals surface area contributed by atoms with Crippen LogP contribution in [0, 0.1) is 18.6 Å². The Balaban J connectivity index is 1.52. The molecule has 6 aromatic rings. The van der Waals surface area contributed by atoms with Crippen LogP contribution in [-0.2, 0) is 20.0 Å². The molecule has 43 heavy (non-hydrogen) atoms. The fourth-order valence-corrected chi connectivity index (χ4v) is 5.13. The Morgan fingerprint density at radius 2 is 1.70 bits per heavy atom. The van der Waals surface area contributed by atoms with Crippen LogP contribution in [0.5, 0.6) is 0 Å². The van der Waals surface area contributed by atoms with Crippen LogP contribution in [0.15, 0.2) is 88.8 Å². The number of hydrogen-bond donors (Lipinski definition) is 1. The highest BCUT2D eigenvalue weighted by atomic mass is 35.5. The summed E-state index contributed by atoms with van der Waals surface area (Å²) in [5, 5.41) is 8.39. The minimum atomic E-state index is -1.07. The van der Waals surface area contributed by atoms with E-state index in [9.17, 15) is 18.4 Å². The fraction of sp³-hybridized carbons (Fsp3) is 0.129. The maximum atomic E-state index is 14.6. The summed E-state index contributed by atoms with van der Waals surface area (Å²) in [7, 11) is 1.77. The quantitative estimate of drug-likeness (QED) is 0.267. The van der Waals surface area contributed by atoms with E-state index in [2.05, 4.69) is 20.4 Å². The lowest BCUT2D eigenvalue weighted by atomic mass is 9.99. The SMILES string of the molecule is Cc1cncc(-n2c(=O)nc(Nc3cc4cn(C)nc4cc3Cl)n(Cc3cc(F)c(F)cc3Cc3ccccc3)c2=O)c1. The van der Waals surface area contributed by atoms with Gasteiger partial charge in [-0.1, -0.05) is 41.9 Å². The molecular weight excluding hydrogens is 576 g/mol. The standard InChI is InChI=1S/C31H24ClF2N7O2/c1-18-8-23(15-35-14-18)41-30(42)37-29(36-28-12-22-16-39(2)38-27(22)13-24(28)32)40(31(41)43)17-21-11-26(34)25(33)10-20(21)9-19-6-4-3-5-7-19/h3-8,10-16H,9,17H2,1-2H3,(H,36,37,42). The second-order valence-corrected chi connectivity index (χ2v) is 10.6. The summed E-state index contributed by atoms with van der Waals surface area (Å²) < 4.78 is 32.8. The van der Waals surface area contributed by atoms with Crippen molar-refractivity contribution >= 4 is 34.1 Å². The second kappa shape index (κ2) is 11.3. The molecule has 0 aliphatic rings. The number of aromatic nitrogens is 6. The zero-order valence-corrected chi connectivity index (χ0v) is 23.8. The van der Waals surface area contributed by atoms with E-state index in [0.29, 0.717) is 22.3 Å². The molecule has 0 saturated carbocycles. The van der Waals surface area contributed by atoms with Crippen LogP contribution < -0.4 is 16.7 Å². The van der Waals surface area contributed by atoms with Gasteiger partial charge in [0.1, 0.15) is 0 Å². The number of nitrogens with zero attached hydrogens (tertiary/aromatic N) is 6. The van der Waals surface area contributed by atoms with E-state index in [-0.39, 0.29) is 29.6 Å². The van der Waals surface area contributed by atoms with Crippen molar-refractivity contribution in [3.63, 3.8) is 0 Å². The first kappa shape index (κ1) is 28.0.